The average Bonchev–Trinajstić information content (AvgIpc) is 3.43. The van der Waals surface area contributed by atoms with Crippen LogP contribution in [0, 0.1) is 25.6 Å². The Morgan fingerprint density at radius 1 is 1.22 bits per heavy atom. The lowest BCUT2D eigenvalue weighted by molar-refractivity contribution is -0.140. The first kappa shape index (κ1) is 22.5. The van der Waals surface area contributed by atoms with Gasteiger partial charge < -0.3 is 14.6 Å². The van der Waals surface area contributed by atoms with E-state index in [1.54, 1.807) is 6.92 Å². The third kappa shape index (κ3) is 4.70. The van der Waals surface area contributed by atoms with Crippen molar-refractivity contribution >= 4 is 17.5 Å². The van der Waals surface area contributed by atoms with Gasteiger partial charge in [-0.15, -0.1) is 0 Å². The number of oxazole rings is 1. The van der Waals surface area contributed by atoms with Gasteiger partial charge in [-0.25, -0.2) is 9.37 Å². The summed E-state index contributed by atoms with van der Waals surface area (Å²) in [7, 11) is 0. The lowest BCUT2D eigenvalue weighted by Gasteiger charge is -2.41. The number of nitrogens with zero attached hydrogens (tertiary/aromatic N) is 3. The molecular weight excluding hydrogens is 411 g/mol. The lowest BCUT2D eigenvalue weighted by Crippen LogP contribution is -2.54. The van der Waals surface area contributed by atoms with E-state index in [0.29, 0.717) is 30.4 Å². The highest BCUT2D eigenvalue weighted by Crippen LogP contribution is 2.29. The van der Waals surface area contributed by atoms with Gasteiger partial charge in [-0.1, -0.05) is 12.8 Å². The van der Waals surface area contributed by atoms with Crippen molar-refractivity contribution in [2.75, 3.05) is 25.0 Å². The first-order valence-corrected chi connectivity index (χ1v) is 11.4. The molecule has 0 spiro atoms. The molecule has 4 rings (SSSR count). The van der Waals surface area contributed by atoms with Crippen molar-refractivity contribution in [3.05, 3.63) is 46.9 Å². The zero-order valence-corrected chi connectivity index (χ0v) is 19.0. The minimum atomic E-state index is -0.427. The summed E-state index contributed by atoms with van der Waals surface area (Å²) in [6, 6.07) is 2.97. The molecule has 2 aromatic rings. The van der Waals surface area contributed by atoms with E-state index in [0.717, 1.165) is 49.9 Å². The van der Waals surface area contributed by atoms with Crippen molar-refractivity contribution in [3.8, 4) is 0 Å². The minimum absolute atomic E-state index is 0.125. The molecule has 1 aromatic carbocycles. The highest BCUT2D eigenvalue weighted by atomic mass is 19.1. The van der Waals surface area contributed by atoms with Gasteiger partial charge in [0.1, 0.15) is 11.6 Å². The Hall–Kier alpha value is -2.74. The Bertz CT molecular complexity index is 999. The van der Waals surface area contributed by atoms with Crippen molar-refractivity contribution in [3.63, 3.8) is 0 Å². The summed E-state index contributed by atoms with van der Waals surface area (Å²) in [4.78, 5) is 33.6. The average molecular weight is 443 g/mol. The van der Waals surface area contributed by atoms with Crippen molar-refractivity contribution in [2.45, 2.75) is 59.0 Å². The molecule has 1 aliphatic carbocycles. The van der Waals surface area contributed by atoms with E-state index >= 15 is 0 Å². The standard InChI is InChI=1S/C24H31FN4O3/c1-15-12-28(8-9-29(15)24(31)18-6-4-5-7-18)13-19-10-20(25)11-21(16(19)2)27-23(30)22-17(3)32-14-26-22/h10-11,14-15,18H,4-9,12-13H2,1-3H3,(H,27,30). The van der Waals surface area contributed by atoms with Crippen LogP contribution in [-0.4, -0.2) is 52.3 Å². The van der Waals surface area contributed by atoms with Crippen LogP contribution < -0.4 is 5.32 Å². The number of amides is 2. The first-order chi connectivity index (χ1) is 15.3. The number of aromatic nitrogens is 1. The van der Waals surface area contributed by atoms with E-state index < -0.39 is 11.7 Å². The number of piperazine rings is 1. The van der Waals surface area contributed by atoms with Crippen LogP contribution in [0.4, 0.5) is 10.1 Å². The summed E-state index contributed by atoms with van der Waals surface area (Å²) in [6.45, 7) is 8.37. The molecule has 2 aliphatic rings. The second-order valence-electron chi connectivity index (χ2n) is 9.05. The third-order valence-electron chi connectivity index (χ3n) is 6.78. The maximum absolute atomic E-state index is 14.4. The highest BCUT2D eigenvalue weighted by Gasteiger charge is 2.33. The molecule has 8 heteroatoms. The van der Waals surface area contributed by atoms with Gasteiger partial charge >= 0.3 is 0 Å². The number of benzene rings is 1. The summed E-state index contributed by atoms with van der Waals surface area (Å²) in [6.07, 6.45) is 5.54. The van der Waals surface area contributed by atoms with Gasteiger partial charge in [-0.05, 0) is 56.9 Å². The first-order valence-electron chi connectivity index (χ1n) is 11.4. The van der Waals surface area contributed by atoms with Gasteiger partial charge in [0, 0.05) is 43.8 Å². The summed E-state index contributed by atoms with van der Waals surface area (Å²) >= 11 is 0. The molecule has 2 fully saturated rings. The van der Waals surface area contributed by atoms with E-state index in [1.807, 2.05) is 11.8 Å². The van der Waals surface area contributed by atoms with E-state index in [2.05, 4.69) is 22.1 Å². The predicted molar refractivity (Wildman–Crippen MR) is 119 cm³/mol. The number of aryl methyl sites for hydroxylation is 1. The number of hydrogen-bond donors (Lipinski definition) is 1. The molecule has 1 N–H and O–H groups in total. The SMILES string of the molecule is Cc1ocnc1C(=O)Nc1cc(F)cc(CN2CCN(C(=O)C3CCCC3)C(C)C2)c1C. The largest absolute Gasteiger partial charge is 0.448 e. The van der Waals surface area contributed by atoms with Gasteiger partial charge in [0.15, 0.2) is 12.1 Å². The van der Waals surface area contributed by atoms with Gasteiger partial charge in [0.05, 0.1) is 0 Å². The molecular formula is C24H31FN4O3. The van der Waals surface area contributed by atoms with Crippen LogP contribution in [0.2, 0.25) is 0 Å². The Labute approximate surface area is 188 Å². The minimum Gasteiger partial charge on any atom is -0.448 e. The van der Waals surface area contributed by atoms with E-state index in [4.69, 9.17) is 4.42 Å². The maximum Gasteiger partial charge on any atom is 0.277 e. The quantitative estimate of drug-likeness (QED) is 0.760. The molecule has 2 heterocycles. The fourth-order valence-corrected chi connectivity index (χ4v) is 4.89. The molecule has 1 aromatic heterocycles. The molecule has 172 valence electrons. The van der Waals surface area contributed by atoms with Crippen LogP contribution in [0.5, 0.6) is 0 Å². The highest BCUT2D eigenvalue weighted by molar-refractivity contribution is 6.03. The normalized spacial score (nSPS) is 20.0. The third-order valence-corrected chi connectivity index (χ3v) is 6.78. The fraction of sp³-hybridized carbons (Fsp3) is 0.542. The molecule has 1 atom stereocenters. The van der Waals surface area contributed by atoms with E-state index in [1.165, 1.54) is 18.5 Å². The molecule has 0 bridgehead atoms. The van der Waals surface area contributed by atoms with Gasteiger partial charge in [-0.3, -0.25) is 14.5 Å². The second kappa shape index (κ2) is 9.40. The lowest BCUT2D eigenvalue weighted by atomic mass is 10.0. The summed E-state index contributed by atoms with van der Waals surface area (Å²) in [5, 5.41) is 2.76. The van der Waals surface area contributed by atoms with Gasteiger partial charge in [-0.2, -0.15) is 0 Å². The molecule has 1 aliphatic heterocycles. The van der Waals surface area contributed by atoms with E-state index in [-0.39, 0.29) is 17.7 Å². The molecule has 1 unspecified atom stereocenters. The monoisotopic (exact) mass is 442 g/mol. The Kier molecular flexibility index (Phi) is 6.60. The summed E-state index contributed by atoms with van der Waals surface area (Å²) in [5.41, 5.74) is 2.25. The Balaban J connectivity index is 1.43. The predicted octanol–water partition coefficient (Wildman–Crippen LogP) is 3.91. The van der Waals surface area contributed by atoms with Crippen LogP contribution in [0.1, 0.15) is 60.0 Å². The fourth-order valence-electron chi connectivity index (χ4n) is 4.89. The van der Waals surface area contributed by atoms with Crippen LogP contribution >= 0.6 is 0 Å². The number of rotatable bonds is 5. The van der Waals surface area contributed by atoms with Gasteiger partial charge in [0.2, 0.25) is 5.91 Å². The summed E-state index contributed by atoms with van der Waals surface area (Å²) < 4.78 is 19.5. The molecule has 32 heavy (non-hydrogen) atoms. The van der Waals surface area contributed by atoms with Crippen LogP contribution in [0.3, 0.4) is 0 Å². The van der Waals surface area contributed by atoms with Crippen LogP contribution in [0.25, 0.3) is 0 Å². The Morgan fingerprint density at radius 3 is 2.62 bits per heavy atom. The molecule has 7 nitrogen and oxygen atoms in total. The zero-order chi connectivity index (χ0) is 22.8. The van der Waals surface area contributed by atoms with Crippen LogP contribution in [-0.2, 0) is 11.3 Å². The number of nitrogens with one attached hydrogen (secondary N) is 1. The van der Waals surface area contributed by atoms with Crippen molar-refractivity contribution in [1.82, 2.24) is 14.8 Å². The van der Waals surface area contributed by atoms with Crippen molar-refractivity contribution < 1.29 is 18.4 Å². The van der Waals surface area contributed by atoms with Gasteiger partial charge in [0.25, 0.3) is 5.91 Å². The second-order valence-corrected chi connectivity index (χ2v) is 9.05. The molecule has 0 radical (unpaired) electrons. The van der Waals surface area contributed by atoms with Crippen molar-refractivity contribution in [2.24, 2.45) is 5.92 Å². The maximum atomic E-state index is 14.4. The Morgan fingerprint density at radius 2 is 1.97 bits per heavy atom. The van der Waals surface area contributed by atoms with Crippen molar-refractivity contribution in [1.29, 1.82) is 0 Å². The molecule has 1 saturated carbocycles. The number of halogens is 1. The number of anilines is 1. The van der Waals surface area contributed by atoms with E-state index in [9.17, 15) is 14.0 Å². The number of carbonyl (C=O) groups excluding carboxylic acids is 2. The summed E-state index contributed by atoms with van der Waals surface area (Å²) in [5.74, 6) is 0.0685. The topological polar surface area (TPSA) is 78.7 Å². The van der Waals surface area contributed by atoms with Crippen LogP contribution in [0.15, 0.2) is 22.9 Å². The number of carbonyl (C=O) groups is 2. The smallest absolute Gasteiger partial charge is 0.277 e. The zero-order valence-electron chi connectivity index (χ0n) is 19.0. The number of hydrogen-bond acceptors (Lipinski definition) is 5. The molecule has 2 amide bonds. The molecule has 1 saturated heterocycles.